The van der Waals surface area contributed by atoms with Gasteiger partial charge in [0.1, 0.15) is 17.4 Å². The molecule has 5 heteroatoms. The molecule has 2 aromatic rings. The molecule has 0 aliphatic rings. The van der Waals surface area contributed by atoms with Crippen LogP contribution in [0.2, 0.25) is 5.02 Å². The lowest BCUT2D eigenvalue weighted by molar-refractivity contribution is 0.452. The first-order valence-corrected chi connectivity index (χ1v) is 6.95. The Kier molecular flexibility index (Phi) is 4.45. The summed E-state index contributed by atoms with van der Waals surface area (Å²) in [7, 11) is 0. The standard InChI is InChI=1S/C15H18ClN3O/c1-4-5-13-18-12(17)8-14(19-13)20-15-9(2)6-11(16)7-10(15)3/h6-8H,4-5H2,1-3H3,(H2,17,18,19). The summed E-state index contributed by atoms with van der Waals surface area (Å²) in [6, 6.07) is 5.36. The van der Waals surface area contributed by atoms with Gasteiger partial charge in [0.05, 0.1) is 0 Å². The van der Waals surface area contributed by atoms with Crippen LogP contribution in [0, 0.1) is 13.8 Å². The van der Waals surface area contributed by atoms with Crippen molar-refractivity contribution in [1.82, 2.24) is 9.97 Å². The molecule has 0 bridgehead atoms. The zero-order chi connectivity index (χ0) is 14.7. The van der Waals surface area contributed by atoms with E-state index in [1.165, 1.54) is 0 Å². The highest BCUT2D eigenvalue weighted by Crippen LogP contribution is 2.31. The van der Waals surface area contributed by atoms with E-state index in [0.29, 0.717) is 22.5 Å². The van der Waals surface area contributed by atoms with E-state index in [1.54, 1.807) is 6.07 Å². The predicted molar refractivity (Wildman–Crippen MR) is 81.4 cm³/mol. The number of benzene rings is 1. The molecule has 0 spiro atoms. The van der Waals surface area contributed by atoms with E-state index in [1.807, 2.05) is 26.0 Å². The first-order valence-electron chi connectivity index (χ1n) is 6.57. The lowest BCUT2D eigenvalue weighted by atomic mass is 10.1. The van der Waals surface area contributed by atoms with Gasteiger partial charge in [-0.15, -0.1) is 0 Å². The lowest BCUT2D eigenvalue weighted by Crippen LogP contribution is -2.02. The highest BCUT2D eigenvalue weighted by Gasteiger charge is 2.10. The van der Waals surface area contributed by atoms with Crippen molar-refractivity contribution in [1.29, 1.82) is 0 Å². The maximum atomic E-state index is 6.02. The Hall–Kier alpha value is -1.81. The first-order chi connectivity index (χ1) is 9.49. The molecule has 0 aliphatic heterocycles. The highest BCUT2D eigenvalue weighted by molar-refractivity contribution is 6.30. The molecule has 0 saturated carbocycles. The van der Waals surface area contributed by atoms with E-state index in [2.05, 4.69) is 16.9 Å². The third-order valence-corrected chi connectivity index (χ3v) is 3.09. The van der Waals surface area contributed by atoms with Crippen LogP contribution < -0.4 is 10.5 Å². The summed E-state index contributed by atoms with van der Waals surface area (Å²) in [5, 5.41) is 0.696. The van der Waals surface area contributed by atoms with Gasteiger partial charge >= 0.3 is 0 Å². The van der Waals surface area contributed by atoms with Gasteiger partial charge in [-0.3, -0.25) is 0 Å². The molecule has 4 nitrogen and oxygen atoms in total. The second-order valence-electron chi connectivity index (χ2n) is 4.77. The molecular formula is C15H18ClN3O. The number of nitrogens with two attached hydrogens (primary N) is 1. The van der Waals surface area contributed by atoms with Gasteiger partial charge in [0.25, 0.3) is 0 Å². The number of aryl methyl sites for hydroxylation is 3. The van der Waals surface area contributed by atoms with E-state index in [0.717, 1.165) is 29.7 Å². The Balaban J connectivity index is 2.35. The van der Waals surface area contributed by atoms with Crippen molar-refractivity contribution in [2.75, 3.05) is 5.73 Å². The second-order valence-corrected chi connectivity index (χ2v) is 5.20. The zero-order valence-electron chi connectivity index (χ0n) is 11.9. The maximum absolute atomic E-state index is 6.02. The molecule has 1 aromatic carbocycles. The zero-order valence-corrected chi connectivity index (χ0v) is 12.7. The summed E-state index contributed by atoms with van der Waals surface area (Å²) in [5.41, 5.74) is 7.72. The summed E-state index contributed by atoms with van der Waals surface area (Å²) < 4.78 is 5.87. The topological polar surface area (TPSA) is 61.0 Å². The van der Waals surface area contributed by atoms with E-state index in [9.17, 15) is 0 Å². The minimum absolute atomic E-state index is 0.419. The fraction of sp³-hybridized carbons (Fsp3) is 0.333. The third-order valence-electron chi connectivity index (χ3n) is 2.87. The number of hydrogen-bond acceptors (Lipinski definition) is 4. The van der Waals surface area contributed by atoms with Crippen molar-refractivity contribution in [3.63, 3.8) is 0 Å². The van der Waals surface area contributed by atoms with Crippen LogP contribution in [0.25, 0.3) is 0 Å². The first kappa shape index (κ1) is 14.6. The average Bonchev–Trinajstić information content (AvgIpc) is 2.33. The fourth-order valence-corrected chi connectivity index (χ4v) is 2.37. The fourth-order valence-electron chi connectivity index (χ4n) is 2.04. The molecule has 1 aromatic heterocycles. The summed E-state index contributed by atoms with van der Waals surface area (Å²) in [6.07, 6.45) is 1.74. The van der Waals surface area contributed by atoms with Crippen molar-refractivity contribution < 1.29 is 4.74 Å². The van der Waals surface area contributed by atoms with E-state index in [4.69, 9.17) is 22.1 Å². The Bertz CT molecular complexity index is 606. The molecule has 0 aliphatic carbocycles. The molecule has 0 saturated heterocycles. The summed E-state index contributed by atoms with van der Waals surface area (Å²) in [5.74, 6) is 2.35. The van der Waals surface area contributed by atoms with Crippen LogP contribution in [-0.4, -0.2) is 9.97 Å². The molecule has 0 radical (unpaired) electrons. The van der Waals surface area contributed by atoms with Crippen molar-refractivity contribution in [2.45, 2.75) is 33.6 Å². The Labute approximate surface area is 124 Å². The molecule has 0 atom stereocenters. The number of aromatic nitrogens is 2. The number of halogens is 1. The highest BCUT2D eigenvalue weighted by atomic mass is 35.5. The Morgan fingerprint density at radius 3 is 2.40 bits per heavy atom. The normalized spacial score (nSPS) is 10.6. The van der Waals surface area contributed by atoms with Gasteiger partial charge in [0.2, 0.25) is 5.88 Å². The molecule has 0 amide bonds. The number of nitrogens with zero attached hydrogens (tertiary/aromatic N) is 2. The monoisotopic (exact) mass is 291 g/mol. The van der Waals surface area contributed by atoms with Crippen molar-refractivity contribution >= 4 is 17.4 Å². The van der Waals surface area contributed by atoms with E-state index in [-0.39, 0.29) is 0 Å². The summed E-state index contributed by atoms with van der Waals surface area (Å²) in [4.78, 5) is 8.57. The Morgan fingerprint density at radius 2 is 1.80 bits per heavy atom. The molecule has 20 heavy (non-hydrogen) atoms. The minimum Gasteiger partial charge on any atom is -0.438 e. The van der Waals surface area contributed by atoms with Gasteiger partial charge in [-0.1, -0.05) is 18.5 Å². The quantitative estimate of drug-likeness (QED) is 0.922. The van der Waals surface area contributed by atoms with Crippen molar-refractivity contribution in [3.05, 3.63) is 40.2 Å². The lowest BCUT2D eigenvalue weighted by Gasteiger charge is -2.12. The Morgan fingerprint density at radius 1 is 1.15 bits per heavy atom. The number of anilines is 1. The van der Waals surface area contributed by atoms with E-state index < -0.39 is 0 Å². The molecular weight excluding hydrogens is 274 g/mol. The molecule has 2 N–H and O–H groups in total. The SMILES string of the molecule is CCCc1nc(N)cc(Oc2c(C)cc(Cl)cc2C)n1. The summed E-state index contributed by atoms with van der Waals surface area (Å²) in [6.45, 7) is 5.97. The van der Waals surface area contributed by atoms with Crippen LogP contribution in [0.4, 0.5) is 5.82 Å². The van der Waals surface area contributed by atoms with Gasteiger partial charge in [-0.05, 0) is 43.5 Å². The van der Waals surface area contributed by atoms with Gasteiger partial charge in [-0.25, -0.2) is 4.98 Å². The molecule has 2 rings (SSSR count). The molecule has 0 fully saturated rings. The van der Waals surface area contributed by atoms with Crippen molar-refractivity contribution in [2.24, 2.45) is 0 Å². The van der Waals surface area contributed by atoms with Crippen LogP contribution in [-0.2, 0) is 6.42 Å². The van der Waals surface area contributed by atoms with Crippen LogP contribution >= 0.6 is 11.6 Å². The molecule has 106 valence electrons. The molecule has 0 unspecified atom stereocenters. The van der Waals surface area contributed by atoms with Gasteiger partial charge in [0.15, 0.2) is 0 Å². The number of nitrogen functional groups attached to an aromatic ring is 1. The number of ether oxygens (including phenoxy) is 1. The van der Waals surface area contributed by atoms with Crippen LogP contribution in [0.5, 0.6) is 11.6 Å². The minimum atomic E-state index is 0.419. The molecule has 1 heterocycles. The third kappa shape index (κ3) is 3.39. The second kappa shape index (κ2) is 6.09. The van der Waals surface area contributed by atoms with Gasteiger partial charge in [-0.2, -0.15) is 4.98 Å². The van der Waals surface area contributed by atoms with Crippen molar-refractivity contribution in [3.8, 4) is 11.6 Å². The predicted octanol–water partition coefficient (Wildman–Crippen LogP) is 4.07. The summed E-state index contributed by atoms with van der Waals surface area (Å²) >= 11 is 6.02. The number of hydrogen-bond donors (Lipinski definition) is 1. The largest absolute Gasteiger partial charge is 0.438 e. The van der Waals surface area contributed by atoms with Crippen LogP contribution in [0.15, 0.2) is 18.2 Å². The maximum Gasteiger partial charge on any atom is 0.224 e. The van der Waals surface area contributed by atoms with Gasteiger partial charge in [0, 0.05) is 17.5 Å². The number of rotatable bonds is 4. The van der Waals surface area contributed by atoms with E-state index >= 15 is 0 Å². The average molecular weight is 292 g/mol. The smallest absolute Gasteiger partial charge is 0.224 e. The van der Waals surface area contributed by atoms with Crippen LogP contribution in [0.1, 0.15) is 30.3 Å². The van der Waals surface area contributed by atoms with Gasteiger partial charge < -0.3 is 10.5 Å². The van der Waals surface area contributed by atoms with Crippen LogP contribution in [0.3, 0.4) is 0 Å².